The van der Waals surface area contributed by atoms with E-state index in [9.17, 15) is 25.9 Å². The maximum atomic E-state index is 11.7. The summed E-state index contributed by atoms with van der Waals surface area (Å²) in [5, 5.41) is 6.40. The topological polar surface area (TPSA) is 145 Å². The van der Waals surface area contributed by atoms with E-state index in [0.717, 1.165) is 45.7 Å². The van der Waals surface area contributed by atoms with Crippen LogP contribution in [0.1, 0.15) is 284 Å². The molecule has 0 radical (unpaired) electrons. The summed E-state index contributed by atoms with van der Waals surface area (Å²) in [6.07, 6.45) is 54.1. The van der Waals surface area contributed by atoms with E-state index >= 15 is 0 Å². The van der Waals surface area contributed by atoms with Gasteiger partial charge in [0.05, 0.1) is 22.7 Å². The molecule has 0 saturated heterocycles. The Bertz CT molecular complexity index is 1670. The van der Waals surface area contributed by atoms with Crippen LogP contribution < -0.4 is 19.2 Å². The average Bonchev–Trinajstić information content (AvgIpc) is 3.92. The van der Waals surface area contributed by atoms with Gasteiger partial charge in [-0.2, -0.15) is 0 Å². The van der Waals surface area contributed by atoms with Gasteiger partial charge < -0.3 is 19.7 Å². The Morgan fingerprint density at radius 1 is 0.352 bits per heavy atom. The summed E-state index contributed by atoms with van der Waals surface area (Å²) < 4.78 is 72.5. The van der Waals surface area contributed by atoms with E-state index in [0.29, 0.717) is 24.2 Å². The van der Waals surface area contributed by atoms with E-state index in [4.69, 9.17) is 0 Å². The fraction of sp³-hybridized carbons (Fsp3) is 0.793. The zero-order valence-corrected chi connectivity index (χ0v) is 49.2. The van der Waals surface area contributed by atoms with Gasteiger partial charge in [0.2, 0.25) is 0 Å². The molecule has 2 aromatic rings. The van der Waals surface area contributed by atoms with Crippen molar-refractivity contribution in [3.8, 4) is 0 Å². The molecular formula is C58H102CaN4O6S2. The van der Waals surface area contributed by atoms with Crippen LogP contribution in [-0.2, 0) is 20.6 Å². The summed E-state index contributed by atoms with van der Waals surface area (Å²) in [5.41, 5.74) is 2.40. The number of unbranched alkanes of at least 4 members (excludes halogenated alkanes) is 38. The Labute approximate surface area is 467 Å². The van der Waals surface area contributed by atoms with E-state index in [1.54, 1.807) is 24.3 Å². The molecular weight excluding hydrogens is 953 g/mol. The van der Waals surface area contributed by atoms with Crippen molar-refractivity contribution in [3.63, 3.8) is 0 Å². The summed E-state index contributed by atoms with van der Waals surface area (Å²) in [4.78, 5) is 0. The first-order chi connectivity index (χ1) is 34.1. The molecule has 0 amide bonds. The standard InChI is InChI=1S/2C29H52N2O3S.Ca/c2*1-2-3-4-5-6-7-8-9-10-11-12-13-14-15-16-17-18-19-20-21-26-29-30-27-24-22-23-25-28(27)31(29)35(32,33)34;/h2*22-25,29-30H,2-21,26H2,1H3,(H,32,33,34);/q;;+2/p-2. The van der Waals surface area contributed by atoms with Gasteiger partial charge in [-0.1, -0.05) is 282 Å². The molecule has 2 aliphatic rings. The maximum Gasteiger partial charge on any atom is 2.00 e. The van der Waals surface area contributed by atoms with Crippen LogP contribution in [0.15, 0.2) is 48.5 Å². The van der Waals surface area contributed by atoms with Gasteiger partial charge in [0.15, 0.2) is 20.6 Å². The molecule has 0 saturated carbocycles. The largest absolute Gasteiger partial charge is 2.00 e. The van der Waals surface area contributed by atoms with Crippen LogP contribution in [0.2, 0.25) is 0 Å². The SMILES string of the molecule is CCCCCCCCCCCCCCCCCCCCCCC1Nc2ccccc2N1S(=O)(=O)[O-].CCCCCCCCCCCCCCCCCCCCCCC1Nc2ccccc2N1S(=O)(=O)[O-].[Ca+2]. The van der Waals surface area contributed by atoms with Crippen molar-refractivity contribution in [2.75, 3.05) is 19.2 Å². The van der Waals surface area contributed by atoms with E-state index < -0.39 is 32.9 Å². The molecule has 2 heterocycles. The second kappa shape index (κ2) is 41.9. The molecule has 0 fully saturated rings. The Kier molecular flexibility index (Phi) is 38.9. The molecule has 2 atom stereocenters. The molecule has 2 aliphatic heterocycles. The third-order valence-electron chi connectivity index (χ3n) is 14.6. The molecule has 2 aromatic carbocycles. The molecule has 404 valence electrons. The van der Waals surface area contributed by atoms with Gasteiger partial charge in [-0.3, -0.25) is 8.61 Å². The normalized spacial score (nSPS) is 15.2. The first-order valence-electron chi connectivity index (χ1n) is 29.3. The number of para-hydroxylation sites is 4. The molecule has 4 rings (SSSR count). The van der Waals surface area contributed by atoms with Gasteiger partial charge in [0, 0.05) is 0 Å². The Morgan fingerprint density at radius 3 is 0.761 bits per heavy atom. The Morgan fingerprint density at radius 2 is 0.549 bits per heavy atom. The second-order valence-electron chi connectivity index (χ2n) is 20.9. The molecule has 0 aliphatic carbocycles. The van der Waals surface area contributed by atoms with Crippen LogP contribution in [0.3, 0.4) is 0 Å². The van der Waals surface area contributed by atoms with Gasteiger partial charge >= 0.3 is 37.7 Å². The van der Waals surface area contributed by atoms with Crippen molar-refractivity contribution >= 4 is 81.1 Å². The Balaban J connectivity index is 0.000000480. The predicted octanol–water partition coefficient (Wildman–Crippen LogP) is 17.5. The first kappa shape index (κ1) is 65.8. The van der Waals surface area contributed by atoms with Gasteiger partial charge in [-0.05, 0) is 49.9 Å². The molecule has 10 nitrogen and oxygen atoms in total. The molecule has 2 unspecified atom stereocenters. The smallest absolute Gasteiger partial charge is 0.731 e. The Hall–Kier alpha value is -1.28. The third-order valence-corrected chi connectivity index (χ3v) is 16.5. The predicted molar refractivity (Wildman–Crippen MR) is 303 cm³/mol. The van der Waals surface area contributed by atoms with Crippen LogP contribution in [0.4, 0.5) is 22.7 Å². The fourth-order valence-corrected chi connectivity index (χ4v) is 12.2. The molecule has 0 bridgehead atoms. The number of benzene rings is 2. The number of fused-ring (bicyclic) bond motifs is 2. The number of hydrogen-bond donors (Lipinski definition) is 2. The number of rotatable bonds is 44. The van der Waals surface area contributed by atoms with Crippen molar-refractivity contribution in [1.29, 1.82) is 0 Å². The van der Waals surface area contributed by atoms with Crippen LogP contribution in [0.25, 0.3) is 0 Å². The van der Waals surface area contributed by atoms with E-state index in [-0.39, 0.29) is 37.7 Å². The van der Waals surface area contributed by atoms with Crippen molar-refractivity contribution in [2.45, 2.75) is 296 Å². The molecule has 2 N–H and O–H groups in total. The van der Waals surface area contributed by atoms with E-state index in [1.165, 1.54) is 231 Å². The molecule has 0 spiro atoms. The molecule has 13 heteroatoms. The van der Waals surface area contributed by atoms with Gasteiger partial charge in [0.1, 0.15) is 12.3 Å². The van der Waals surface area contributed by atoms with Crippen molar-refractivity contribution in [1.82, 2.24) is 0 Å². The van der Waals surface area contributed by atoms with Gasteiger partial charge in [0.25, 0.3) is 0 Å². The second-order valence-corrected chi connectivity index (χ2v) is 23.4. The zero-order chi connectivity index (χ0) is 50.4. The van der Waals surface area contributed by atoms with E-state index in [1.807, 2.05) is 24.3 Å². The third kappa shape index (κ3) is 30.2. The molecule has 0 aromatic heterocycles. The number of hydrogen-bond acceptors (Lipinski definition) is 8. The van der Waals surface area contributed by atoms with Crippen LogP contribution in [-0.4, -0.2) is 76.0 Å². The molecule has 71 heavy (non-hydrogen) atoms. The summed E-state index contributed by atoms with van der Waals surface area (Å²) in [6.45, 7) is 4.56. The number of nitrogens with one attached hydrogen (secondary N) is 2. The average molecular weight is 1060 g/mol. The zero-order valence-electron chi connectivity index (χ0n) is 45.3. The van der Waals surface area contributed by atoms with Crippen molar-refractivity contribution in [3.05, 3.63) is 48.5 Å². The minimum absolute atomic E-state index is 0. The minimum Gasteiger partial charge on any atom is -0.731 e. The number of anilines is 4. The van der Waals surface area contributed by atoms with Crippen molar-refractivity contribution in [2.24, 2.45) is 0 Å². The van der Waals surface area contributed by atoms with E-state index in [2.05, 4.69) is 24.5 Å². The first-order valence-corrected chi connectivity index (χ1v) is 32.0. The van der Waals surface area contributed by atoms with Crippen LogP contribution >= 0.6 is 0 Å². The fourth-order valence-electron chi connectivity index (χ4n) is 10.5. The van der Waals surface area contributed by atoms with Crippen molar-refractivity contribution < 1.29 is 25.9 Å². The minimum atomic E-state index is -4.52. The van der Waals surface area contributed by atoms with Gasteiger partial charge in [-0.15, -0.1) is 0 Å². The summed E-state index contributed by atoms with van der Waals surface area (Å²) in [7, 11) is -9.04. The summed E-state index contributed by atoms with van der Waals surface area (Å²) in [5.74, 6) is 0. The van der Waals surface area contributed by atoms with Crippen LogP contribution in [0.5, 0.6) is 0 Å². The summed E-state index contributed by atoms with van der Waals surface area (Å²) in [6, 6.07) is 14.3. The number of nitrogens with zero attached hydrogens (tertiary/aromatic N) is 2. The monoisotopic (exact) mass is 1050 g/mol. The summed E-state index contributed by atoms with van der Waals surface area (Å²) >= 11 is 0. The quantitative estimate of drug-likeness (QED) is 0.0379. The van der Waals surface area contributed by atoms with Gasteiger partial charge in [-0.25, -0.2) is 16.8 Å². The van der Waals surface area contributed by atoms with Crippen LogP contribution in [0, 0.1) is 0 Å². The maximum absolute atomic E-state index is 11.7.